The van der Waals surface area contributed by atoms with Crippen molar-refractivity contribution in [3.05, 3.63) is 142 Å². The Bertz CT molecular complexity index is 1250. The molecular formula is C38H45N. The molecule has 0 spiro atoms. The van der Waals surface area contributed by atoms with Gasteiger partial charge in [-0.15, -0.1) is 0 Å². The summed E-state index contributed by atoms with van der Waals surface area (Å²) in [5.41, 5.74) is 10.8. The van der Waals surface area contributed by atoms with Crippen LogP contribution in [0.5, 0.6) is 0 Å². The molecule has 0 aromatic heterocycles. The lowest BCUT2D eigenvalue weighted by atomic mass is 9.75. The van der Waals surface area contributed by atoms with E-state index in [1.807, 2.05) is 0 Å². The summed E-state index contributed by atoms with van der Waals surface area (Å²) in [5.74, 6) is 0.346. The molecule has 1 atom stereocenters. The fourth-order valence-electron chi connectivity index (χ4n) is 6.31. The van der Waals surface area contributed by atoms with E-state index in [1.54, 1.807) is 0 Å². The van der Waals surface area contributed by atoms with Crippen molar-refractivity contribution in [2.75, 3.05) is 6.54 Å². The van der Waals surface area contributed by atoms with Crippen molar-refractivity contribution in [1.82, 2.24) is 5.32 Å². The van der Waals surface area contributed by atoms with Crippen molar-refractivity contribution in [2.45, 2.75) is 83.6 Å². The molecule has 0 amide bonds. The second kappa shape index (κ2) is 11.1. The first-order chi connectivity index (χ1) is 18.7. The van der Waals surface area contributed by atoms with Gasteiger partial charge in [-0.2, -0.15) is 0 Å². The predicted octanol–water partition coefficient (Wildman–Crippen LogP) is 9.23. The maximum Gasteiger partial charge on any atom is 0.0243 e. The Kier molecular flexibility index (Phi) is 7.83. The van der Waals surface area contributed by atoms with Crippen LogP contribution < -0.4 is 5.32 Å². The maximum absolute atomic E-state index is 3.87. The van der Waals surface area contributed by atoms with Crippen LogP contribution in [-0.2, 0) is 10.8 Å². The maximum atomic E-state index is 3.87. The summed E-state index contributed by atoms with van der Waals surface area (Å²) in [6, 6.07) is 37.4. The fourth-order valence-corrected chi connectivity index (χ4v) is 6.31. The molecule has 4 aromatic rings. The molecule has 0 aliphatic carbocycles. The molecule has 1 N–H and O–H groups in total. The van der Waals surface area contributed by atoms with Gasteiger partial charge in [-0.25, -0.2) is 0 Å². The third-order valence-corrected chi connectivity index (χ3v) is 9.28. The SMILES string of the molecule is Cc1ccc(C(C)(C)c2ccc(C(c3ccc(C(C)(C)c4ccc(C)cc4)cc3)[C@@H]3CCCCN3)cc2)cc1. The first kappa shape index (κ1) is 27.4. The normalized spacial score (nSPS) is 16.4. The zero-order valence-electron chi connectivity index (χ0n) is 24.7. The van der Waals surface area contributed by atoms with Crippen molar-refractivity contribution in [3.8, 4) is 0 Å². The van der Waals surface area contributed by atoms with Crippen molar-refractivity contribution in [2.24, 2.45) is 0 Å². The number of nitrogens with one attached hydrogen (secondary N) is 1. The minimum absolute atomic E-state index is 0.0337. The highest BCUT2D eigenvalue weighted by Crippen LogP contribution is 2.38. The van der Waals surface area contributed by atoms with Crippen LogP contribution in [0.2, 0.25) is 0 Å². The molecule has 0 bridgehead atoms. The molecular weight excluding hydrogens is 470 g/mol. The number of aryl methyl sites for hydroxylation is 2. The number of benzene rings is 4. The van der Waals surface area contributed by atoms with E-state index >= 15 is 0 Å². The van der Waals surface area contributed by atoms with Gasteiger partial charge in [0.1, 0.15) is 0 Å². The molecule has 1 saturated heterocycles. The van der Waals surface area contributed by atoms with E-state index in [0.717, 1.165) is 6.54 Å². The first-order valence-electron chi connectivity index (χ1n) is 14.7. The smallest absolute Gasteiger partial charge is 0.0243 e. The molecule has 0 radical (unpaired) electrons. The van der Waals surface area contributed by atoms with Crippen molar-refractivity contribution >= 4 is 0 Å². The van der Waals surface area contributed by atoms with Gasteiger partial charge in [-0.1, -0.05) is 142 Å². The average Bonchev–Trinajstić information content (AvgIpc) is 2.95. The summed E-state index contributed by atoms with van der Waals surface area (Å²) in [6.07, 6.45) is 3.79. The molecule has 1 aliphatic heterocycles. The second-order valence-electron chi connectivity index (χ2n) is 12.8. The Balaban J connectivity index is 1.45. The first-order valence-corrected chi connectivity index (χ1v) is 14.7. The highest BCUT2D eigenvalue weighted by atomic mass is 14.9. The fraction of sp³-hybridized carbons (Fsp3) is 0.368. The summed E-state index contributed by atoms with van der Waals surface area (Å²) in [5, 5.41) is 3.87. The Morgan fingerprint density at radius 3 is 1.23 bits per heavy atom. The van der Waals surface area contributed by atoms with Crippen LogP contribution in [0.1, 0.15) is 97.4 Å². The molecule has 202 valence electrons. The minimum Gasteiger partial charge on any atom is -0.313 e. The van der Waals surface area contributed by atoms with Gasteiger partial charge in [0.15, 0.2) is 0 Å². The van der Waals surface area contributed by atoms with E-state index < -0.39 is 0 Å². The lowest BCUT2D eigenvalue weighted by Crippen LogP contribution is -2.39. The molecule has 1 nitrogen and oxygen atoms in total. The van der Waals surface area contributed by atoms with E-state index in [1.165, 1.54) is 63.8 Å². The Morgan fingerprint density at radius 2 is 0.897 bits per heavy atom. The van der Waals surface area contributed by atoms with Crippen molar-refractivity contribution < 1.29 is 0 Å². The van der Waals surface area contributed by atoms with Crippen LogP contribution in [-0.4, -0.2) is 12.6 Å². The van der Waals surface area contributed by atoms with Crippen LogP contribution in [0.4, 0.5) is 0 Å². The molecule has 1 aliphatic rings. The predicted molar refractivity (Wildman–Crippen MR) is 167 cm³/mol. The Morgan fingerprint density at radius 1 is 0.538 bits per heavy atom. The van der Waals surface area contributed by atoms with E-state index in [0.29, 0.717) is 12.0 Å². The van der Waals surface area contributed by atoms with Gasteiger partial charge in [-0.05, 0) is 66.6 Å². The number of rotatable bonds is 7. The van der Waals surface area contributed by atoms with Crippen LogP contribution in [0.3, 0.4) is 0 Å². The summed E-state index contributed by atoms with van der Waals surface area (Å²) in [7, 11) is 0. The number of piperidine rings is 1. The van der Waals surface area contributed by atoms with Gasteiger partial charge in [-0.3, -0.25) is 0 Å². The molecule has 0 unspecified atom stereocenters. The summed E-state index contributed by atoms with van der Waals surface area (Å²) in [6.45, 7) is 14.8. The molecule has 1 heteroatoms. The van der Waals surface area contributed by atoms with E-state index in [4.69, 9.17) is 0 Å². The summed E-state index contributed by atoms with van der Waals surface area (Å²) >= 11 is 0. The Hall–Kier alpha value is -3.16. The number of hydrogen-bond acceptors (Lipinski definition) is 1. The monoisotopic (exact) mass is 515 g/mol. The van der Waals surface area contributed by atoms with Crippen LogP contribution in [0, 0.1) is 13.8 Å². The van der Waals surface area contributed by atoms with E-state index in [9.17, 15) is 0 Å². The van der Waals surface area contributed by atoms with Crippen molar-refractivity contribution in [3.63, 3.8) is 0 Å². The second-order valence-corrected chi connectivity index (χ2v) is 12.8. The van der Waals surface area contributed by atoms with Gasteiger partial charge in [0, 0.05) is 22.8 Å². The van der Waals surface area contributed by atoms with Gasteiger partial charge in [0.25, 0.3) is 0 Å². The van der Waals surface area contributed by atoms with Crippen LogP contribution in [0.25, 0.3) is 0 Å². The van der Waals surface area contributed by atoms with Gasteiger partial charge < -0.3 is 5.32 Å². The zero-order valence-corrected chi connectivity index (χ0v) is 24.7. The molecule has 5 rings (SSSR count). The van der Waals surface area contributed by atoms with Crippen molar-refractivity contribution in [1.29, 1.82) is 0 Å². The highest BCUT2D eigenvalue weighted by molar-refractivity contribution is 5.45. The standard InChI is InChI=1S/C38H45N/c1-27-10-18-31(19-11-27)37(3,4)33-22-14-29(15-23-33)36(35-9-7-8-26-39-35)30-16-24-34(25-17-30)38(5,6)32-20-12-28(2)13-21-32/h10-25,35-36,39H,7-9,26H2,1-6H3/t35-/m0/s1. The third kappa shape index (κ3) is 5.75. The van der Waals surface area contributed by atoms with Crippen LogP contribution in [0.15, 0.2) is 97.1 Å². The van der Waals surface area contributed by atoms with Gasteiger partial charge >= 0.3 is 0 Å². The topological polar surface area (TPSA) is 12.0 Å². The largest absolute Gasteiger partial charge is 0.313 e. The van der Waals surface area contributed by atoms with E-state index in [2.05, 4.69) is 144 Å². The van der Waals surface area contributed by atoms with Crippen LogP contribution >= 0.6 is 0 Å². The quantitative estimate of drug-likeness (QED) is 0.259. The summed E-state index contributed by atoms with van der Waals surface area (Å²) in [4.78, 5) is 0. The van der Waals surface area contributed by atoms with E-state index in [-0.39, 0.29) is 10.8 Å². The third-order valence-electron chi connectivity index (χ3n) is 9.28. The highest BCUT2D eigenvalue weighted by Gasteiger charge is 2.29. The lowest BCUT2D eigenvalue weighted by Gasteiger charge is -2.33. The Labute approximate surface area is 236 Å². The minimum atomic E-state index is -0.0337. The van der Waals surface area contributed by atoms with Gasteiger partial charge in [0.05, 0.1) is 0 Å². The molecule has 4 aromatic carbocycles. The molecule has 0 saturated carbocycles. The number of hydrogen-bond donors (Lipinski definition) is 1. The zero-order chi connectivity index (χ0) is 27.6. The average molecular weight is 516 g/mol. The molecule has 1 fully saturated rings. The molecule has 39 heavy (non-hydrogen) atoms. The summed E-state index contributed by atoms with van der Waals surface area (Å²) < 4.78 is 0. The molecule has 1 heterocycles. The van der Waals surface area contributed by atoms with Gasteiger partial charge in [0.2, 0.25) is 0 Å². The lowest BCUT2D eigenvalue weighted by molar-refractivity contribution is 0.372.